The zero-order valence-corrected chi connectivity index (χ0v) is 17.2. The maximum absolute atomic E-state index is 12.8. The van der Waals surface area contributed by atoms with Gasteiger partial charge in [0.05, 0.1) is 12.7 Å². The summed E-state index contributed by atoms with van der Waals surface area (Å²) in [6, 6.07) is 7.07. The molecule has 3 aromatic rings. The van der Waals surface area contributed by atoms with Gasteiger partial charge in [0.1, 0.15) is 21.4 Å². The molecule has 9 nitrogen and oxygen atoms in total. The predicted octanol–water partition coefficient (Wildman–Crippen LogP) is 1.66. The quantitative estimate of drug-likeness (QED) is 0.476. The van der Waals surface area contributed by atoms with Gasteiger partial charge >= 0.3 is 11.7 Å². The Morgan fingerprint density at radius 3 is 2.52 bits per heavy atom. The third-order valence-corrected chi connectivity index (χ3v) is 5.85. The number of nitrogens with zero attached hydrogens (tertiary/aromatic N) is 4. The molecule has 0 bridgehead atoms. The van der Waals surface area contributed by atoms with Crippen molar-refractivity contribution in [3.8, 4) is 17.1 Å². The van der Waals surface area contributed by atoms with E-state index in [0.717, 1.165) is 16.3 Å². The van der Waals surface area contributed by atoms with Crippen molar-refractivity contribution in [3.63, 3.8) is 0 Å². The maximum atomic E-state index is 12.8. The SMILES string of the molecule is CC[C@H](Sc1nc(-c2ccccc2OC)nc2c1c(=O)n(C)c(=O)n2C)C(=O)O. The van der Waals surface area contributed by atoms with Crippen molar-refractivity contribution in [3.05, 3.63) is 45.1 Å². The van der Waals surface area contributed by atoms with Crippen LogP contribution < -0.4 is 16.0 Å². The molecule has 29 heavy (non-hydrogen) atoms. The third-order valence-electron chi connectivity index (χ3n) is 4.51. The average Bonchev–Trinajstić information content (AvgIpc) is 2.73. The molecule has 1 N–H and O–H groups in total. The van der Waals surface area contributed by atoms with Crippen molar-refractivity contribution in [2.75, 3.05) is 7.11 Å². The van der Waals surface area contributed by atoms with E-state index in [4.69, 9.17) is 4.74 Å². The number of fused-ring (bicyclic) bond motifs is 1. The molecule has 0 spiro atoms. The van der Waals surface area contributed by atoms with Crippen LogP contribution in [0.1, 0.15) is 13.3 Å². The van der Waals surface area contributed by atoms with Gasteiger partial charge in [0.2, 0.25) is 0 Å². The van der Waals surface area contributed by atoms with Crippen molar-refractivity contribution in [2.45, 2.75) is 23.6 Å². The van der Waals surface area contributed by atoms with Crippen LogP contribution in [0.3, 0.4) is 0 Å². The highest BCUT2D eigenvalue weighted by atomic mass is 32.2. The minimum Gasteiger partial charge on any atom is -0.496 e. The number of ether oxygens (including phenoxy) is 1. The number of hydrogen-bond donors (Lipinski definition) is 1. The zero-order chi connectivity index (χ0) is 21.3. The standard InChI is InChI=1S/C19H20N4O5S/c1-5-12(18(25)26)29-16-13-15(22(2)19(27)23(3)17(13)24)20-14(21-16)10-8-6-7-9-11(10)28-4/h6-9,12H,5H2,1-4H3,(H,25,26)/t12-/m0/s1. The third kappa shape index (κ3) is 3.63. The first-order chi connectivity index (χ1) is 13.8. The summed E-state index contributed by atoms with van der Waals surface area (Å²) in [5, 5.41) is 8.99. The molecule has 0 aliphatic rings. The number of aromatic nitrogens is 4. The summed E-state index contributed by atoms with van der Waals surface area (Å²) in [7, 11) is 4.38. The molecule has 0 radical (unpaired) electrons. The van der Waals surface area contributed by atoms with E-state index in [0.29, 0.717) is 17.7 Å². The number of thioether (sulfide) groups is 1. The van der Waals surface area contributed by atoms with Crippen molar-refractivity contribution in [1.29, 1.82) is 0 Å². The number of carboxylic acid groups (broad SMARTS) is 1. The number of benzene rings is 1. The van der Waals surface area contributed by atoms with Gasteiger partial charge in [0.15, 0.2) is 11.5 Å². The van der Waals surface area contributed by atoms with E-state index in [1.165, 1.54) is 25.8 Å². The maximum Gasteiger partial charge on any atom is 0.332 e. The Balaban J connectivity index is 2.41. The fourth-order valence-electron chi connectivity index (χ4n) is 2.91. The molecule has 152 valence electrons. The molecule has 0 fully saturated rings. The second-order valence-corrected chi connectivity index (χ2v) is 7.50. The van der Waals surface area contributed by atoms with Gasteiger partial charge in [-0.3, -0.25) is 18.7 Å². The summed E-state index contributed by atoms with van der Waals surface area (Å²) >= 11 is 0.966. The average molecular weight is 416 g/mol. The highest BCUT2D eigenvalue weighted by molar-refractivity contribution is 8.00. The van der Waals surface area contributed by atoms with Crippen LogP contribution >= 0.6 is 11.8 Å². The van der Waals surface area contributed by atoms with E-state index < -0.39 is 22.5 Å². The molecular weight excluding hydrogens is 396 g/mol. The van der Waals surface area contributed by atoms with Crippen molar-refractivity contribution < 1.29 is 14.6 Å². The number of methoxy groups -OCH3 is 1. The first-order valence-electron chi connectivity index (χ1n) is 8.80. The number of hydrogen-bond acceptors (Lipinski definition) is 7. The molecule has 0 aliphatic carbocycles. The summed E-state index contributed by atoms with van der Waals surface area (Å²) in [6.07, 6.45) is 0.335. The predicted molar refractivity (Wildman–Crippen MR) is 110 cm³/mol. The van der Waals surface area contributed by atoms with E-state index in [1.54, 1.807) is 31.2 Å². The van der Waals surface area contributed by atoms with Gasteiger partial charge in [-0.05, 0) is 18.6 Å². The molecular formula is C19H20N4O5S. The topological polar surface area (TPSA) is 116 Å². The molecule has 2 heterocycles. The van der Waals surface area contributed by atoms with Gasteiger partial charge in [-0.25, -0.2) is 14.8 Å². The normalized spacial score (nSPS) is 12.1. The number of aliphatic carboxylic acids is 1. The van der Waals surface area contributed by atoms with Crippen LogP contribution in [0, 0.1) is 0 Å². The first kappa shape index (κ1) is 20.6. The minimum absolute atomic E-state index is 0.109. The molecule has 1 aromatic carbocycles. The Hall–Kier alpha value is -3.14. The van der Waals surface area contributed by atoms with Gasteiger partial charge < -0.3 is 9.84 Å². The number of carbonyl (C=O) groups is 1. The monoisotopic (exact) mass is 416 g/mol. The smallest absolute Gasteiger partial charge is 0.332 e. The molecule has 0 amide bonds. The second-order valence-electron chi connectivity index (χ2n) is 6.31. The lowest BCUT2D eigenvalue weighted by Gasteiger charge is -2.15. The van der Waals surface area contributed by atoms with Crippen molar-refractivity contribution >= 4 is 28.8 Å². The van der Waals surface area contributed by atoms with Gasteiger partial charge in [0.25, 0.3) is 5.56 Å². The zero-order valence-electron chi connectivity index (χ0n) is 16.4. The fourth-order valence-corrected chi connectivity index (χ4v) is 3.88. The fraction of sp³-hybridized carbons (Fsp3) is 0.316. The first-order valence-corrected chi connectivity index (χ1v) is 9.68. The van der Waals surface area contributed by atoms with E-state index in [2.05, 4.69) is 9.97 Å². The van der Waals surface area contributed by atoms with Crippen LogP contribution in [0.25, 0.3) is 22.4 Å². The van der Waals surface area contributed by atoms with E-state index >= 15 is 0 Å². The Kier molecular flexibility index (Phi) is 5.73. The molecule has 10 heteroatoms. The largest absolute Gasteiger partial charge is 0.496 e. The van der Waals surface area contributed by atoms with Gasteiger partial charge in [-0.15, -0.1) is 0 Å². The molecule has 3 rings (SSSR count). The lowest BCUT2D eigenvalue weighted by atomic mass is 10.2. The van der Waals surface area contributed by atoms with Crippen LogP contribution in [-0.2, 0) is 18.9 Å². The lowest BCUT2D eigenvalue weighted by Crippen LogP contribution is -2.37. The van der Waals surface area contributed by atoms with Crippen LogP contribution in [0.2, 0.25) is 0 Å². The number of rotatable bonds is 6. The van der Waals surface area contributed by atoms with Crippen LogP contribution in [0.5, 0.6) is 5.75 Å². The number of para-hydroxylation sites is 1. The van der Waals surface area contributed by atoms with Crippen molar-refractivity contribution in [1.82, 2.24) is 19.1 Å². The summed E-state index contributed by atoms with van der Waals surface area (Å²) < 4.78 is 7.59. The number of aryl methyl sites for hydroxylation is 1. The molecule has 0 saturated heterocycles. The highest BCUT2D eigenvalue weighted by Gasteiger charge is 2.24. The highest BCUT2D eigenvalue weighted by Crippen LogP contribution is 2.33. The molecule has 0 aliphatic heterocycles. The number of carboxylic acids is 1. The van der Waals surface area contributed by atoms with E-state index in [-0.39, 0.29) is 21.9 Å². The molecule has 2 aromatic heterocycles. The summed E-state index contributed by atoms with van der Waals surface area (Å²) in [5.41, 5.74) is -0.405. The molecule has 0 saturated carbocycles. The van der Waals surface area contributed by atoms with Gasteiger partial charge in [-0.2, -0.15) is 0 Å². The summed E-state index contributed by atoms with van der Waals surface area (Å²) in [6.45, 7) is 1.74. The van der Waals surface area contributed by atoms with E-state index in [1.807, 2.05) is 0 Å². The molecule has 0 unspecified atom stereocenters. The Labute approximate surface area is 170 Å². The van der Waals surface area contributed by atoms with E-state index in [9.17, 15) is 19.5 Å². The van der Waals surface area contributed by atoms with Crippen LogP contribution in [0.15, 0.2) is 38.9 Å². The van der Waals surface area contributed by atoms with Crippen molar-refractivity contribution in [2.24, 2.45) is 14.1 Å². The molecule has 1 atom stereocenters. The summed E-state index contributed by atoms with van der Waals surface area (Å²) in [5.74, 6) is -0.257. The Morgan fingerprint density at radius 1 is 1.21 bits per heavy atom. The minimum atomic E-state index is -1.01. The Morgan fingerprint density at radius 2 is 1.90 bits per heavy atom. The van der Waals surface area contributed by atoms with Crippen LogP contribution in [-0.4, -0.2) is 42.5 Å². The summed E-state index contributed by atoms with van der Waals surface area (Å²) in [4.78, 5) is 45.8. The Bertz CT molecular complexity index is 1220. The van der Waals surface area contributed by atoms with Gasteiger partial charge in [-0.1, -0.05) is 30.8 Å². The van der Waals surface area contributed by atoms with Crippen LogP contribution in [0.4, 0.5) is 0 Å². The van der Waals surface area contributed by atoms with Gasteiger partial charge in [0, 0.05) is 14.1 Å². The lowest BCUT2D eigenvalue weighted by molar-refractivity contribution is -0.136. The second kappa shape index (κ2) is 8.08.